The predicted octanol–water partition coefficient (Wildman–Crippen LogP) is 0.526. The van der Waals surface area contributed by atoms with Crippen LogP contribution in [-0.4, -0.2) is 12.3 Å². The number of carbonyl (C=O) groups excluding carboxylic acids is 1. The zero-order valence-corrected chi connectivity index (χ0v) is 7.86. The third-order valence-electron chi connectivity index (χ3n) is 1.89. The van der Waals surface area contributed by atoms with E-state index in [0.717, 1.165) is 18.5 Å². The summed E-state index contributed by atoms with van der Waals surface area (Å²) in [6, 6.07) is 3.70. The second-order valence-corrected chi connectivity index (χ2v) is 3.03. The highest BCUT2D eigenvalue weighted by atomic mass is 16.1. The van der Waals surface area contributed by atoms with E-state index in [1.807, 2.05) is 29.1 Å². The minimum atomic E-state index is 0.0992. The van der Waals surface area contributed by atoms with Crippen LogP contribution in [0.15, 0.2) is 24.5 Å². The molecule has 0 radical (unpaired) electrons. The molecule has 0 aromatic carbocycles. The maximum absolute atomic E-state index is 11.0. The number of nitrogens with zero attached hydrogens (tertiary/aromatic N) is 1. The standard InChI is InChI=1S/C10H15N2O/c1-9(13)10-4-2-6-12(8-10)7-3-5-11/h2,4,6,8H,3,5,7,11H2,1H3/q+1. The van der Waals surface area contributed by atoms with E-state index in [0.29, 0.717) is 6.54 Å². The molecule has 0 saturated carbocycles. The Kier molecular flexibility index (Phi) is 3.58. The van der Waals surface area contributed by atoms with Crippen molar-refractivity contribution in [1.29, 1.82) is 0 Å². The average Bonchev–Trinajstić information content (AvgIpc) is 2.15. The van der Waals surface area contributed by atoms with Gasteiger partial charge in [-0.1, -0.05) is 0 Å². The molecule has 0 bridgehead atoms. The first-order chi connectivity index (χ1) is 6.24. The van der Waals surface area contributed by atoms with Crippen molar-refractivity contribution in [2.45, 2.75) is 19.9 Å². The molecule has 0 atom stereocenters. The summed E-state index contributed by atoms with van der Waals surface area (Å²) in [5.41, 5.74) is 6.14. The van der Waals surface area contributed by atoms with Crippen LogP contribution in [0.2, 0.25) is 0 Å². The summed E-state index contributed by atoms with van der Waals surface area (Å²) in [5, 5.41) is 0. The van der Waals surface area contributed by atoms with E-state index in [4.69, 9.17) is 5.73 Å². The minimum Gasteiger partial charge on any atom is -0.330 e. The number of nitrogens with two attached hydrogens (primary N) is 1. The first kappa shape index (κ1) is 9.86. The molecule has 3 nitrogen and oxygen atoms in total. The van der Waals surface area contributed by atoms with Gasteiger partial charge in [-0.2, -0.15) is 0 Å². The Morgan fingerprint density at radius 2 is 2.38 bits per heavy atom. The third-order valence-corrected chi connectivity index (χ3v) is 1.89. The molecular formula is C10H15N2O+. The molecule has 0 saturated heterocycles. The van der Waals surface area contributed by atoms with Crippen molar-refractivity contribution in [1.82, 2.24) is 0 Å². The van der Waals surface area contributed by atoms with E-state index in [-0.39, 0.29) is 5.78 Å². The van der Waals surface area contributed by atoms with Gasteiger partial charge >= 0.3 is 0 Å². The molecule has 1 aromatic heterocycles. The summed E-state index contributed by atoms with van der Waals surface area (Å²) < 4.78 is 1.99. The van der Waals surface area contributed by atoms with Crippen molar-refractivity contribution in [2.24, 2.45) is 5.73 Å². The van der Waals surface area contributed by atoms with Gasteiger partial charge in [0.25, 0.3) is 0 Å². The summed E-state index contributed by atoms with van der Waals surface area (Å²) in [6.45, 7) is 3.12. The zero-order valence-electron chi connectivity index (χ0n) is 7.86. The molecule has 13 heavy (non-hydrogen) atoms. The Hall–Kier alpha value is -1.22. The Morgan fingerprint density at radius 1 is 1.62 bits per heavy atom. The number of aromatic nitrogens is 1. The number of aryl methyl sites for hydroxylation is 1. The van der Waals surface area contributed by atoms with Gasteiger partial charge in [-0.25, -0.2) is 4.57 Å². The van der Waals surface area contributed by atoms with Crippen LogP contribution in [0.25, 0.3) is 0 Å². The summed E-state index contributed by atoms with van der Waals surface area (Å²) >= 11 is 0. The second-order valence-electron chi connectivity index (χ2n) is 3.03. The molecule has 0 aliphatic carbocycles. The van der Waals surface area contributed by atoms with Gasteiger partial charge in [-0.05, 0) is 19.5 Å². The average molecular weight is 179 g/mol. The lowest BCUT2D eigenvalue weighted by atomic mass is 10.2. The lowest BCUT2D eigenvalue weighted by Gasteiger charge is -1.96. The van der Waals surface area contributed by atoms with Gasteiger partial charge in [-0.15, -0.1) is 0 Å². The first-order valence-corrected chi connectivity index (χ1v) is 4.44. The molecule has 0 spiro atoms. The van der Waals surface area contributed by atoms with Crippen LogP contribution in [0.5, 0.6) is 0 Å². The fourth-order valence-corrected chi connectivity index (χ4v) is 1.14. The van der Waals surface area contributed by atoms with Crippen LogP contribution in [0.4, 0.5) is 0 Å². The van der Waals surface area contributed by atoms with Crippen molar-refractivity contribution < 1.29 is 9.36 Å². The van der Waals surface area contributed by atoms with Crippen molar-refractivity contribution in [2.75, 3.05) is 6.54 Å². The molecule has 0 amide bonds. The van der Waals surface area contributed by atoms with Crippen LogP contribution < -0.4 is 10.3 Å². The fraction of sp³-hybridized carbons (Fsp3) is 0.400. The van der Waals surface area contributed by atoms with Crippen LogP contribution in [0, 0.1) is 0 Å². The number of rotatable bonds is 4. The summed E-state index contributed by atoms with van der Waals surface area (Å²) in [4.78, 5) is 11.0. The van der Waals surface area contributed by atoms with E-state index in [1.54, 1.807) is 6.92 Å². The Balaban J connectivity index is 2.73. The summed E-state index contributed by atoms with van der Waals surface area (Å²) in [6.07, 6.45) is 4.74. The zero-order chi connectivity index (χ0) is 9.68. The molecule has 0 aliphatic rings. The molecule has 1 aromatic rings. The van der Waals surface area contributed by atoms with Crippen LogP contribution in [0.3, 0.4) is 0 Å². The number of carbonyl (C=O) groups is 1. The molecule has 2 N–H and O–H groups in total. The van der Waals surface area contributed by atoms with Crippen LogP contribution >= 0.6 is 0 Å². The van der Waals surface area contributed by atoms with Gasteiger partial charge in [0.15, 0.2) is 18.2 Å². The lowest BCUT2D eigenvalue weighted by Crippen LogP contribution is -2.34. The highest BCUT2D eigenvalue weighted by Gasteiger charge is 2.04. The van der Waals surface area contributed by atoms with Crippen molar-refractivity contribution in [3.63, 3.8) is 0 Å². The molecule has 0 unspecified atom stereocenters. The number of ketones is 1. The molecule has 1 heterocycles. The molecule has 3 heteroatoms. The largest absolute Gasteiger partial charge is 0.330 e. The summed E-state index contributed by atoms with van der Waals surface area (Å²) in [7, 11) is 0. The predicted molar refractivity (Wildman–Crippen MR) is 50.3 cm³/mol. The smallest absolute Gasteiger partial charge is 0.179 e. The van der Waals surface area contributed by atoms with Crippen molar-refractivity contribution in [3.8, 4) is 0 Å². The highest BCUT2D eigenvalue weighted by Crippen LogP contribution is 1.95. The molecule has 0 aliphatic heterocycles. The van der Waals surface area contributed by atoms with Gasteiger partial charge in [-0.3, -0.25) is 4.79 Å². The number of hydrogen-bond donors (Lipinski definition) is 1. The Bertz CT molecular complexity index is 297. The van der Waals surface area contributed by atoms with Gasteiger partial charge in [0.1, 0.15) is 6.54 Å². The van der Waals surface area contributed by atoms with E-state index >= 15 is 0 Å². The molecule has 1 rings (SSSR count). The fourth-order valence-electron chi connectivity index (χ4n) is 1.14. The van der Waals surface area contributed by atoms with Gasteiger partial charge in [0, 0.05) is 12.5 Å². The van der Waals surface area contributed by atoms with Crippen LogP contribution in [0.1, 0.15) is 23.7 Å². The third kappa shape index (κ3) is 2.95. The molecule has 0 fully saturated rings. The Morgan fingerprint density at radius 3 is 3.00 bits per heavy atom. The topological polar surface area (TPSA) is 47.0 Å². The van der Waals surface area contributed by atoms with Gasteiger partial charge in [0.05, 0.1) is 5.56 Å². The van der Waals surface area contributed by atoms with E-state index < -0.39 is 0 Å². The molecule has 70 valence electrons. The van der Waals surface area contributed by atoms with Crippen LogP contribution in [-0.2, 0) is 6.54 Å². The van der Waals surface area contributed by atoms with E-state index in [1.165, 1.54) is 0 Å². The highest BCUT2D eigenvalue weighted by molar-refractivity contribution is 5.93. The number of Topliss-reactive ketones (excluding diaryl/α,β-unsaturated/α-hetero) is 1. The van der Waals surface area contributed by atoms with E-state index in [9.17, 15) is 4.79 Å². The summed E-state index contributed by atoms with van der Waals surface area (Å²) in [5.74, 6) is 0.0992. The quantitative estimate of drug-likeness (QED) is 0.541. The van der Waals surface area contributed by atoms with Gasteiger partial charge in [0.2, 0.25) is 0 Å². The SMILES string of the molecule is CC(=O)c1ccc[n+](CCCN)c1. The monoisotopic (exact) mass is 179 g/mol. The first-order valence-electron chi connectivity index (χ1n) is 4.44. The van der Waals surface area contributed by atoms with Crippen molar-refractivity contribution in [3.05, 3.63) is 30.1 Å². The lowest BCUT2D eigenvalue weighted by molar-refractivity contribution is -0.697. The Labute approximate surface area is 78.2 Å². The normalized spacial score (nSPS) is 10.0. The maximum atomic E-state index is 11.0. The maximum Gasteiger partial charge on any atom is 0.179 e. The second kappa shape index (κ2) is 4.72. The van der Waals surface area contributed by atoms with E-state index in [2.05, 4.69) is 0 Å². The number of pyridine rings is 1. The van der Waals surface area contributed by atoms with Crippen molar-refractivity contribution >= 4 is 5.78 Å². The van der Waals surface area contributed by atoms with Gasteiger partial charge < -0.3 is 5.73 Å². The molecular weight excluding hydrogens is 164 g/mol. The minimum absolute atomic E-state index is 0.0992. The number of hydrogen-bond acceptors (Lipinski definition) is 2.